The van der Waals surface area contributed by atoms with Crippen LogP contribution in [-0.4, -0.2) is 37.1 Å². The SMILES string of the molecule is CC1C2CNCC2CN1CC(F)(F)c1ccccc1. The molecule has 0 aliphatic carbocycles. The topological polar surface area (TPSA) is 15.3 Å². The van der Waals surface area contributed by atoms with E-state index in [9.17, 15) is 8.78 Å². The van der Waals surface area contributed by atoms with Crippen LogP contribution in [0.1, 0.15) is 12.5 Å². The molecule has 1 aromatic rings. The van der Waals surface area contributed by atoms with Gasteiger partial charge in [-0.25, -0.2) is 0 Å². The molecule has 1 aromatic carbocycles. The van der Waals surface area contributed by atoms with Crippen LogP contribution >= 0.6 is 0 Å². The molecule has 0 spiro atoms. The number of rotatable bonds is 3. The number of likely N-dealkylation sites (tertiary alicyclic amines) is 1. The van der Waals surface area contributed by atoms with Gasteiger partial charge in [-0.3, -0.25) is 4.90 Å². The summed E-state index contributed by atoms with van der Waals surface area (Å²) in [6, 6.07) is 8.40. The Morgan fingerprint density at radius 2 is 2.00 bits per heavy atom. The molecule has 0 aromatic heterocycles. The smallest absolute Gasteiger partial charge is 0.285 e. The third-order valence-corrected chi connectivity index (χ3v) is 4.65. The van der Waals surface area contributed by atoms with Gasteiger partial charge in [0, 0.05) is 18.2 Å². The van der Waals surface area contributed by atoms with E-state index in [2.05, 4.69) is 12.2 Å². The lowest BCUT2D eigenvalue weighted by Crippen LogP contribution is -2.40. The standard InChI is InChI=1S/C15H20F2N2/c1-11-14-8-18-7-12(14)9-19(11)10-15(16,17)13-5-3-2-4-6-13/h2-6,11-12,14,18H,7-10H2,1H3. The lowest BCUT2D eigenvalue weighted by Gasteiger charge is -2.28. The molecule has 2 heterocycles. The summed E-state index contributed by atoms with van der Waals surface area (Å²) in [7, 11) is 0. The number of halogens is 2. The van der Waals surface area contributed by atoms with Crippen LogP contribution in [0.25, 0.3) is 0 Å². The Balaban J connectivity index is 1.71. The number of nitrogens with zero attached hydrogens (tertiary/aromatic N) is 1. The molecule has 19 heavy (non-hydrogen) atoms. The molecule has 2 saturated heterocycles. The molecule has 0 radical (unpaired) electrons. The Hall–Kier alpha value is -1.00. The van der Waals surface area contributed by atoms with Crippen LogP contribution in [0.4, 0.5) is 8.78 Å². The predicted octanol–water partition coefficient (Wildman–Crippen LogP) is 2.32. The van der Waals surface area contributed by atoms with Gasteiger partial charge in [0.1, 0.15) is 0 Å². The van der Waals surface area contributed by atoms with E-state index >= 15 is 0 Å². The van der Waals surface area contributed by atoms with E-state index in [1.54, 1.807) is 18.2 Å². The van der Waals surface area contributed by atoms with Gasteiger partial charge in [0.2, 0.25) is 0 Å². The lowest BCUT2D eigenvalue weighted by atomic mass is 9.95. The summed E-state index contributed by atoms with van der Waals surface area (Å²) in [5.74, 6) is -1.69. The van der Waals surface area contributed by atoms with E-state index in [1.807, 2.05) is 4.90 Å². The fourth-order valence-electron chi connectivity index (χ4n) is 3.49. The molecule has 4 heteroatoms. The molecule has 3 unspecified atom stereocenters. The minimum absolute atomic E-state index is 0.123. The van der Waals surface area contributed by atoms with Crippen LogP contribution in [0.5, 0.6) is 0 Å². The molecule has 3 rings (SSSR count). The van der Waals surface area contributed by atoms with Crippen molar-refractivity contribution >= 4 is 0 Å². The maximum atomic E-state index is 14.3. The molecule has 2 aliphatic rings. The van der Waals surface area contributed by atoms with Crippen LogP contribution in [0.15, 0.2) is 30.3 Å². The van der Waals surface area contributed by atoms with Gasteiger partial charge in [0.15, 0.2) is 0 Å². The fourth-order valence-corrected chi connectivity index (χ4v) is 3.49. The molecule has 2 aliphatic heterocycles. The van der Waals surface area contributed by atoms with Gasteiger partial charge < -0.3 is 5.32 Å². The molecule has 1 N–H and O–H groups in total. The van der Waals surface area contributed by atoms with Crippen LogP contribution < -0.4 is 5.32 Å². The maximum Gasteiger partial charge on any atom is 0.285 e. The molecule has 0 saturated carbocycles. The zero-order valence-corrected chi connectivity index (χ0v) is 11.2. The second kappa shape index (κ2) is 4.84. The Morgan fingerprint density at radius 3 is 2.68 bits per heavy atom. The van der Waals surface area contributed by atoms with Crippen molar-refractivity contribution in [2.45, 2.75) is 18.9 Å². The zero-order valence-electron chi connectivity index (χ0n) is 11.2. The van der Waals surface area contributed by atoms with Crippen molar-refractivity contribution in [1.29, 1.82) is 0 Å². The molecule has 0 amide bonds. The van der Waals surface area contributed by atoms with Crippen LogP contribution in [0, 0.1) is 11.8 Å². The third-order valence-electron chi connectivity index (χ3n) is 4.65. The van der Waals surface area contributed by atoms with Crippen LogP contribution in [-0.2, 0) is 5.92 Å². The Bertz CT molecular complexity index is 435. The van der Waals surface area contributed by atoms with Crippen LogP contribution in [0.3, 0.4) is 0 Å². The summed E-state index contributed by atoms with van der Waals surface area (Å²) in [5.41, 5.74) is 0.123. The summed E-state index contributed by atoms with van der Waals surface area (Å²) in [5, 5.41) is 3.36. The molecule has 3 atom stereocenters. The molecular formula is C15H20F2N2. The van der Waals surface area contributed by atoms with E-state index < -0.39 is 5.92 Å². The minimum Gasteiger partial charge on any atom is -0.316 e. The summed E-state index contributed by atoms with van der Waals surface area (Å²) in [6.07, 6.45) is 0. The molecule has 0 bridgehead atoms. The lowest BCUT2D eigenvalue weighted by molar-refractivity contribution is -0.0417. The highest BCUT2D eigenvalue weighted by Gasteiger charge is 2.45. The highest BCUT2D eigenvalue weighted by molar-refractivity contribution is 5.20. The molecular weight excluding hydrogens is 246 g/mol. The number of benzene rings is 1. The van der Waals surface area contributed by atoms with Crippen molar-refractivity contribution < 1.29 is 8.78 Å². The van der Waals surface area contributed by atoms with E-state index in [0.717, 1.165) is 19.6 Å². The number of hydrogen-bond acceptors (Lipinski definition) is 2. The average molecular weight is 266 g/mol. The summed E-state index contributed by atoms with van der Waals surface area (Å²) < 4.78 is 28.6. The van der Waals surface area contributed by atoms with Gasteiger partial charge in [0.05, 0.1) is 6.54 Å². The van der Waals surface area contributed by atoms with Crippen molar-refractivity contribution in [2.24, 2.45) is 11.8 Å². The first-order valence-corrected chi connectivity index (χ1v) is 6.96. The summed E-state index contributed by atoms with van der Waals surface area (Å²) in [6.45, 7) is 4.66. The molecule has 104 valence electrons. The second-order valence-electron chi connectivity index (χ2n) is 5.82. The largest absolute Gasteiger partial charge is 0.316 e. The Morgan fingerprint density at radius 1 is 1.26 bits per heavy atom. The summed E-state index contributed by atoms with van der Waals surface area (Å²) in [4.78, 5) is 1.96. The minimum atomic E-state index is -2.76. The zero-order chi connectivity index (χ0) is 13.5. The first kappa shape index (κ1) is 13.0. The normalized spacial score (nSPS) is 31.6. The number of hydrogen-bond donors (Lipinski definition) is 1. The van der Waals surface area contributed by atoms with Gasteiger partial charge in [-0.15, -0.1) is 0 Å². The van der Waals surface area contributed by atoms with Gasteiger partial charge in [-0.1, -0.05) is 30.3 Å². The highest BCUT2D eigenvalue weighted by Crippen LogP contribution is 2.36. The van der Waals surface area contributed by atoms with Gasteiger partial charge >= 0.3 is 0 Å². The predicted molar refractivity (Wildman–Crippen MR) is 71.2 cm³/mol. The van der Waals surface area contributed by atoms with E-state index in [0.29, 0.717) is 11.8 Å². The van der Waals surface area contributed by atoms with Crippen molar-refractivity contribution in [1.82, 2.24) is 10.2 Å². The van der Waals surface area contributed by atoms with E-state index in [-0.39, 0.29) is 18.2 Å². The first-order valence-electron chi connectivity index (χ1n) is 6.96. The number of alkyl halides is 2. The van der Waals surface area contributed by atoms with Gasteiger partial charge in [0.25, 0.3) is 5.92 Å². The van der Waals surface area contributed by atoms with Crippen molar-refractivity contribution in [3.8, 4) is 0 Å². The molecule has 2 nitrogen and oxygen atoms in total. The first-order chi connectivity index (χ1) is 9.08. The van der Waals surface area contributed by atoms with Crippen molar-refractivity contribution in [2.75, 3.05) is 26.2 Å². The highest BCUT2D eigenvalue weighted by atomic mass is 19.3. The maximum absolute atomic E-state index is 14.3. The monoisotopic (exact) mass is 266 g/mol. The quantitative estimate of drug-likeness (QED) is 0.903. The number of fused-ring (bicyclic) bond motifs is 1. The fraction of sp³-hybridized carbons (Fsp3) is 0.600. The number of nitrogens with one attached hydrogen (secondary N) is 1. The Labute approximate surface area is 112 Å². The van der Waals surface area contributed by atoms with Crippen LogP contribution in [0.2, 0.25) is 0 Å². The van der Waals surface area contributed by atoms with Gasteiger partial charge in [-0.2, -0.15) is 8.78 Å². The van der Waals surface area contributed by atoms with Crippen molar-refractivity contribution in [3.63, 3.8) is 0 Å². The van der Waals surface area contributed by atoms with Gasteiger partial charge in [-0.05, 0) is 31.8 Å². The van der Waals surface area contributed by atoms with E-state index in [4.69, 9.17) is 0 Å². The van der Waals surface area contributed by atoms with Crippen molar-refractivity contribution in [3.05, 3.63) is 35.9 Å². The Kier molecular flexibility index (Phi) is 3.31. The average Bonchev–Trinajstić information content (AvgIpc) is 2.95. The summed E-state index contributed by atoms with van der Waals surface area (Å²) >= 11 is 0. The second-order valence-corrected chi connectivity index (χ2v) is 5.82. The molecule has 2 fully saturated rings. The van der Waals surface area contributed by atoms with E-state index in [1.165, 1.54) is 12.1 Å². The third kappa shape index (κ3) is 2.39.